The molecule has 0 unspecified atom stereocenters. The Hall–Kier alpha value is -1.71. The number of carbonyl (C=O) groups is 1. The maximum Gasteiger partial charge on any atom is 0.352 e. The summed E-state index contributed by atoms with van der Waals surface area (Å²) in [6.45, 7) is 1.26. The van der Waals surface area contributed by atoms with E-state index in [0.717, 1.165) is 5.56 Å². The first-order valence-electron chi connectivity index (χ1n) is 5.47. The minimum absolute atomic E-state index is 0.405. The first kappa shape index (κ1) is 13.7. The Kier molecular flexibility index (Phi) is 4.30. The molecule has 2 aromatic carbocycles. The highest BCUT2D eigenvalue weighted by Crippen LogP contribution is 2.33. The molecule has 0 amide bonds. The van der Waals surface area contributed by atoms with Gasteiger partial charge < -0.3 is 0 Å². The topological polar surface area (TPSA) is 35.5 Å². The van der Waals surface area contributed by atoms with Crippen LogP contribution in [0.5, 0.6) is 5.75 Å². The van der Waals surface area contributed by atoms with Crippen LogP contribution in [0.4, 0.5) is 0 Å². The average Bonchev–Trinajstić information content (AvgIpc) is 2.38. The van der Waals surface area contributed by atoms with E-state index in [2.05, 4.69) is 4.89 Å². The highest BCUT2D eigenvalue weighted by Gasteiger charge is 2.10. The van der Waals surface area contributed by atoms with E-state index >= 15 is 0 Å². The third-order valence-electron chi connectivity index (χ3n) is 2.35. The molecule has 19 heavy (non-hydrogen) atoms. The van der Waals surface area contributed by atoms with Gasteiger partial charge in [0.15, 0.2) is 5.75 Å². The minimum atomic E-state index is -0.531. The van der Waals surface area contributed by atoms with Crippen LogP contribution in [-0.2, 0) is 9.68 Å². The lowest BCUT2D eigenvalue weighted by Gasteiger charge is -2.09. The monoisotopic (exact) mass is 296 g/mol. The van der Waals surface area contributed by atoms with Crippen molar-refractivity contribution in [2.75, 3.05) is 0 Å². The number of hydrogen-bond donors (Lipinski definition) is 0. The second-order valence-electron chi connectivity index (χ2n) is 3.81. The van der Waals surface area contributed by atoms with Gasteiger partial charge >= 0.3 is 5.97 Å². The molecule has 0 radical (unpaired) electrons. The second-order valence-corrected chi connectivity index (χ2v) is 4.68. The zero-order chi connectivity index (χ0) is 13.8. The van der Waals surface area contributed by atoms with Gasteiger partial charge in [0.25, 0.3) is 0 Å². The molecule has 98 valence electrons. The van der Waals surface area contributed by atoms with Crippen molar-refractivity contribution in [2.45, 2.75) is 6.92 Å². The molecule has 0 aromatic heterocycles. The predicted molar refractivity (Wildman–Crippen MR) is 74.3 cm³/mol. The van der Waals surface area contributed by atoms with Crippen molar-refractivity contribution in [3.8, 4) is 16.9 Å². The molecular weight excluding hydrogens is 287 g/mol. The fourth-order valence-electron chi connectivity index (χ4n) is 1.53. The molecule has 0 heterocycles. The number of rotatable bonds is 3. The van der Waals surface area contributed by atoms with Crippen LogP contribution in [0.15, 0.2) is 42.5 Å². The van der Waals surface area contributed by atoms with E-state index in [0.29, 0.717) is 21.4 Å². The molecule has 0 bridgehead atoms. The van der Waals surface area contributed by atoms with Crippen molar-refractivity contribution >= 4 is 29.2 Å². The van der Waals surface area contributed by atoms with Crippen LogP contribution >= 0.6 is 23.2 Å². The summed E-state index contributed by atoms with van der Waals surface area (Å²) in [6, 6.07) is 12.2. The lowest BCUT2D eigenvalue weighted by atomic mass is 10.1. The van der Waals surface area contributed by atoms with E-state index in [9.17, 15) is 4.79 Å². The molecule has 3 nitrogen and oxygen atoms in total. The van der Waals surface area contributed by atoms with Crippen LogP contribution < -0.4 is 4.89 Å². The van der Waals surface area contributed by atoms with E-state index in [1.165, 1.54) is 6.92 Å². The van der Waals surface area contributed by atoms with E-state index in [-0.39, 0.29) is 0 Å². The largest absolute Gasteiger partial charge is 0.352 e. The van der Waals surface area contributed by atoms with E-state index in [1.807, 2.05) is 12.1 Å². The molecule has 0 aliphatic heterocycles. The van der Waals surface area contributed by atoms with Crippen molar-refractivity contribution in [3.05, 3.63) is 52.5 Å². The van der Waals surface area contributed by atoms with Crippen LogP contribution in [-0.4, -0.2) is 5.97 Å². The standard InChI is InChI=1S/C14H10Cl2O3/c1-9(17)18-19-14-7-6-12(16)8-13(14)10-2-4-11(15)5-3-10/h2-8H,1H3. The smallest absolute Gasteiger partial charge is 0.286 e. The van der Waals surface area contributed by atoms with Crippen LogP contribution in [0.3, 0.4) is 0 Å². The Morgan fingerprint density at radius 2 is 1.63 bits per heavy atom. The highest BCUT2D eigenvalue weighted by molar-refractivity contribution is 6.31. The summed E-state index contributed by atoms with van der Waals surface area (Å²) in [4.78, 5) is 20.3. The van der Waals surface area contributed by atoms with Crippen LogP contribution in [0, 0.1) is 0 Å². The summed E-state index contributed by atoms with van der Waals surface area (Å²) >= 11 is 11.8. The Morgan fingerprint density at radius 3 is 2.26 bits per heavy atom. The van der Waals surface area contributed by atoms with E-state index < -0.39 is 5.97 Å². The normalized spacial score (nSPS) is 10.1. The first-order chi connectivity index (χ1) is 9.06. The number of carbonyl (C=O) groups excluding carboxylic acids is 1. The fraction of sp³-hybridized carbons (Fsp3) is 0.0714. The van der Waals surface area contributed by atoms with Gasteiger partial charge in [0.2, 0.25) is 0 Å². The van der Waals surface area contributed by atoms with Gasteiger partial charge in [-0.15, -0.1) is 0 Å². The quantitative estimate of drug-likeness (QED) is 0.617. The molecule has 0 aliphatic rings. The first-order valence-corrected chi connectivity index (χ1v) is 6.22. The van der Waals surface area contributed by atoms with E-state index in [4.69, 9.17) is 28.1 Å². The average molecular weight is 297 g/mol. The lowest BCUT2D eigenvalue weighted by Crippen LogP contribution is -2.03. The zero-order valence-corrected chi connectivity index (χ0v) is 11.5. The summed E-state index contributed by atoms with van der Waals surface area (Å²) in [5.41, 5.74) is 1.57. The third kappa shape index (κ3) is 3.63. The van der Waals surface area contributed by atoms with Crippen LogP contribution in [0.25, 0.3) is 11.1 Å². The van der Waals surface area contributed by atoms with Crippen LogP contribution in [0.2, 0.25) is 10.0 Å². The van der Waals surface area contributed by atoms with Crippen molar-refractivity contribution in [1.29, 1.82) is 0 Å². The molecule has 0 spiro atoms. The molecule has 0 saturated carbocycles. The molecule has 0 N–H and O–H groups in total. The molecule has 2 aromatic rings. The summed E-state index contributed by atoms with van der Waals surface area (Å²) in [6.07, 6.45) is 0. The maximum atomic E-state index is 10.8. The third-order valence-corrected chi connectivity index (χ3v) is 2.83. The van der Waals surface area contributed by atoms with Crippen molar-refractivity contribution in [1.82, 2.24) is 0 Å². The number of halogens is 2. The summed E-state index contributed by atoms with van der Waals surface area (Å²) in [7, 11) is 0. The Labute approximate surface area is 120 Å². The lowest BCUT2D eigenvalue weighted by molar-refractivity contribution is -0.210. The van der Waals surface area contributed by atoms with Gasteiger partial charge in [-0.3, -0.25) is 9.78 Å². The zero-order valence-electron chi connectivity index (χ0n) is 10.0. The molecular formula is C14H10Cl2O3. The Morgan fingerprint density at radius 1 is 1.00 bits per heavy atom. The summed E-state index contributed by atoms with van der Waals surface area (Å²) in [5.74, 6) is -0.126. The summed E-state index contributed by atoms with van der Waals surface area (Å²) < 4.78 is 0. The molecule has 0 atom stereocenters. The van der Waals surface area contributed by atoms with Gasteiger partial charge in [-0.05, 0) is 35.9 Å². The van der Waals surface area contributed by atoms with E-state index in [1.54, 1.807) is 30.3 Å². The number of benzene rings is 2. The SMILES string of the molecule is CC(=O)OOc1ccc(Cl)cc1-c1ccc(Cl)cc1. The van der Waals surface area contributed by atoms with Crippen molar-refractivity contribution < 1.29 is 14.6 Å². The van der Waals surface area contributed by atoms with Crippen molar-refractivity contribution in [2.24, 2.45) is 0 Å². The maximum absolute atomic E-state index is 10.8. The van der Waals surface area contributed by atoms with Gasteiger partial charge in [-0.25, -0.2) is 4.79 Å². The minimum Gasteiger partial charge on any atom is -0.286 e. The van der Waals surface area contributed by atoms with Crippen molar-refractivity contribution in [3.63, 3.8) is 0 Å². The predicted octanol–water partition coefficient (Wildman–Crippen LogP) is 4.52. The number of hydrogen-bond acceptors (Lipinski definition) is 3. The molecule has 5 heteroatoms. The van der Waals surface area contributed by atoms with Gasteiger partial charge in [-0.2, -0.15) is 0 Å². The Bertz CT molecular complexity index is 594. The highest BCUT2D eigenvalue weighted by atomic mass is 35.5. The van der Waals surface area contributed by atoms with Gasteiger partial charge in [0.05, 0.1) is 0 Å². The molecule has 0 fully saturated rings. The van der Waals surface area contributed by atoms with Gasteiger partial charge in [-0.1, -0.05) is 35.3 Å². The van der Waals surface area contributed by atoms with Crippen LogP contribution in [0.1, 0.15) is 6.92 Å². The van der Waals surface area contributed by atoms with Gasteiger partial charge in [0.1, 0.15) is 0 Å². The molecule has 0 aliphatic carbocycles. The Balaban J connectivity index is 2.39. The molecule has 2 rings (SSSR count). The molecule has 0 saturated heterocycles. The van der Waals surface area contributed by atoms with Gasteiger partial charge in [0, 0.05) is 22.5 Å². The summed E-state index contributed by atoms with van der Waals surface area (Å²) in [5, 5.41) is 1.19. The fourth-order valence-corrected chi connectivity index (χ4v) is 1.83. The second kappa shape index (κ2) is 5.95.